The van der Waals surface area contributed by atoms with E-state index in [2.05, 4.69) is 12.2 Å². The number of hydrogen-bond acceptors (Lipinski definition) is 2. The van der Waals surface area contributed by atoms with Crippen molar-refractivity contribution in [1.82, 2.24) is 5.32 Å². The van der Waals surface area contributed by atoms with Gasteiger partial charge < -0.3 is 10.1 Å². The molecule has 0 aromatic rings. The summed E-state index contributed by atoms with van der Waals surface area (Å²) in [6.45, 7) is 9.62. The van der Waals surface area contributed by atoms with Gasteiger partial charge in [-0.25, -0.2) is 0 Å². The van der Waals surface area contributed by atoms with Crippen LogP contribution in [0.1, 0.15) is 27.7 Å². The summed E-state index contributed by atoms with van der Waals surface area (Å²) in [5.74, 6) is 0. The molecule has 1 aliphatic rings. The third kappa shape index (κ3) is 2.48. The molecule has 0 spiro atoms. The lowest BCUT2D eigenvalue weighted by Crippen LogP contribution is -2.53. The molecular formula is C9H19NO2. The number of rotatable bonds is 3. The molecule has 0 aromatic heterocycles. The molecule has 1 N–H and O–H groups in total. The average molecular weight is 173 g/mol. The Morgan fingerprint density at radius 1 is 1.50 bits per heavy atom. The second-order valence-corrected chi connectivity index (χ2v) is 3.15. The highest BCUT2D eigenvalue weighted by Crippen LogP contribution is 2.29. The van der Waals surface area contributed by atoms with Crippen molar-refractivity contribution in [3.8, 4) is 0 Å². The maximum absolute atomic E-state index is 10.1. The Hall–Kier alpha value is -0.570. The van der Waals surface area contributed by atoms with Crippen LogP contribution >= 0.6 is 0 Å². The van der Waals surface area contributed by atoms with E-state index in [4.69, 9.17) is 4.74 Å². The van der Waals surface area contributed by atoms with Crippen molar-refractivity contribution >= 4 is 6.41 Å². The third-order valence-electron chi connectivity index (χ3n) is 2.23. The number of carbonyl (C=O) groups excluding carboxylic acids is 1. The molecule has 1 unspecified atom stereocenters. The molecule has 0 bridgehead atoms. The van der Waals surface area contributed by atoms with Crippen LogP contribution in [-0.4, -0.2) is 25.7 Å². The van der Waals surface area contributed by atoms with Gasteiger partial charge in [-0.15, -0.1) is 0 Å². The Morgan fingerprint density at radius 3 is 2.25 bits per heavy atom. The highest BCUT2D eigenvalue weighted by atomic mass is 16.5. The molecule has 1 amide bonds. The molecule has 1 rings (SSSR count). The third-order valence-corrected chi connectivity index (χ3v) is 2.23. The summed E-state index contributed by atoms with van der Waals surface area (Å²) in [5, 5.41) is 2.73. The number of carbonyl (C=O) groups is 1. The van der Waals surface area contributed by atoms with Crippen LogP contribution in [0.5, 0.6) is 0 Å². The molecule has 1 heterocycles. The van der Waals surface area contributed by atoms with E-state index in [-0.39, 0.29) is 11.5 Å². The monoisotopic (exact) mass is 173 g/mol. The topological polar surface area (TPSA) is 38.3 Å². The maximum atomic E-state index is 10.1. The molecule has 1 fully saturated rings. The van der Waals surface area contributed by atoms with Crippen molar-refractivity contribution in [2.24, 2.45) is 5.41 Å². The maximum Gasteiger partial charge on any atom is 0.207 e. The van der Waals surface area contributed by atoms with Gasteiger partial charge in [-0.1, -0.05) is 20.8 Å². The molecule has 1 saturated heterocycles. The van der Waals surface area contributed by atoms with Crippen LogP contribution in [-0.2, 0) is 9.53 Å². The first-order chi connectivity index (χ1) is 5.69. The number of ether oxygens (including phenoxy) is 1. The van der Waals surface area contributed by atoms with Gasteiger partial charge in [0, 0.05) is 11.5 Å². The van der Waals surface area contributed by atoms with Crippen LogP contribution in [0.2, 0.25) is 0 Å². The van der Waals surface area contributed by atoms with E-state index in [0.717, 1.165) is 19.6 Å². The van der Waals surface area contributed by atoms with Crippen molar-refractivity contribution in [1.29, 1.82) is 0 Å². The normalized spacial score (nSPS) is 21.0. The van der Waals surface area contributed by atoms with Crippen LogP contribution in [0.15, 0.2) is 0 Å². The van der Waals surface area contributed by atoms with Gasteiger partial charge in [-0.3, -0.25) is 4.79 Å². The molecule has 3 nitrogen and oxygen atoms in total. The van der Waals surface area contributed by atoms with E-state index in [9.17, 15) is 4.79 Å². The van der Waals surface area contributed by atoms with Crippen LogP contribution in [0.25, 0.3) is 0 Å². The Bertz CT molecular complexity index is 132. The molecule has 1 atom stereocenters. The smallest absolute Gasteiger partial charge is 0.207 e. The first kappa shape index (κ1) is 11.4. The number of hydrogen-bond donors (Lipinski definition) is 1. The molecule has 1 aliphatic heterocycles. The van der Waals surface area contributed by atoms with E-state index in [1.54, 1.807) is 0 Å². The van der Waals surface area contributed by atoms with E-state index in [0.29, 0.717) is 0 Å². The minimum Gasteiger partial charge on any atom is -0.380 e. The minimum absolute atomic E-state index is 0.168. The number of nitrogens with one attached hydrogen (secondary N) is 1. The van der Waals surface area contributed by atoms with Gasteiger partial charge in [0.2, 0.25) is 6.41 Å². The molecule has 0 aromatic carbocycles. The fourth-order valence-electron chi connectivity index (χ4n) is 0.977. The summed E-state index contributed by atoms with van der Waals surface area (Å²) < 4.78 is 5.05. The summed E-state index contributed by atoms with van der Waals surface area (Å²) >= 11 is 0. The molecule has 12 heavy (non-hydrogen) atoms. The first-order valence-corrected chi connectivity index (χ1v) is 4.46. The Kier molecular flexibility index (Phi) is 4.90. The van der Waals surface area contributed by atoms with Crippen LogP contribution in [0.3, 0.4) is 0 Å². The Balaban J connectivity index is 0.000000561. The zero-order valence-electron chi connectivity index (χ0n) is 8.39. The predicted octanol–water partition coefficient (Wildman–Crippen LogP) is 1.18. The molecule has 3 heteroatoms. The molecule has 0 radical (unpaired) electrons. The highest BCUT2D eigenvalue weighted by molar-refractivity contribution is 5.46. The van der Waals surface area contributed by atoms with Gasteiger partial charge in [0.1, 0.15) is 0 Å². The zero-order chi connectivity index (χ0) is 9.61. The second kappa shape index (κ2) is 5.14. The summed E-state index contributed by atoms with van der Waals surface area (Å²) in [7, 11) is 0. The fourth-order valence-corrected chi connectivity index (χ4v) is 0.977. The average Bonchev–Trinajstić information content (AvgIpc) is 2.04. The zero-order valence-corrected chi connectivity index (χ0v) is 8.39. The van der Waals surface area contributed by atoms with E-state index in [1.165, 1.54) is 0 Å². The predicted molar refractivity (Wildman–Crippen MR) is 48.9 cm³/mol. The summed E-state index contributed by atoms with van der Waals surface area (Å²) in [5.41, 5.74) is 0.168. The fraction of sp³-hybridized carbons (Fsp3) is 0.889. The van der Waals surface area contributed by atoms with Gasteiger partial charge in [-0.2, -0.15) is 0 Å². The minimum atomic E-state index is 0.168. The van der Waals surface area contributed by atoms with Gasteiger partial charge in [0.15, 0.2) is 0 Å². The van der Waals surface area contributed by atoms with Gasteiger partial charge >= 0.3 is 0 Å². The van der Waals surface area contributed by atoms with Crippen LogP contribution < -0.4 is 5.32 Å². The molecular weight excluding hydrogens is 154 g/mol. The standard InChI is InChI=1S/C7H13NO2.C2H6/c1-6(8-5-9)7(2)3-10-4-7;1-2/h5-6H,3-4H2,1-2H3,(H,8,9);1-2H3. The Labute approximate surface area is 74.5 Å². The SMILES string of the molecule is CC.CC(NC=O)C1(C)COC1. The lowest BCUT2D eigenvalue weighted by molar-refractivity contribution is -0.127. The van der Waals surface area contributed by atoms with Crippen molar-refractivity contribution in [2.45, 2.75) is 33.7 Å². The van der Waals surface area contributed by atoms with Gasteiger partial charge in [0.05, 0.1) is 13.2 Å². The van der Waals surface area contributed by atoms with E-state index < -0.39 is 0 Å². The molecule has 72 valence electrons. The van der Waals surface area contributed by atoms with Crippen molar-refractivity contribution in [3.05, 3.63) is 0 Å². The Morgan fingerprint density at radius 2 is 2.00 bits per heavy atom. The molecule has 0 saturated carbocycles. The first-order valence-electron chi connectivity index (χ1n) is 4.46. The van der Waals surface area contributed by atoms with Crippen molar-refractivity contribution in [3.63, 3.8) is 0 Å². The summed E-state index contributed by atoms with van der Waals surface area (Å²) in [6, 6.07) is 0.221. The molecule has 0 aliphatic carbocycles. The van der Waals surface area contributed by atoms with E-state index >= 15 is 0 Å². The van der Waals surface area contributed by atoms with Crippen molar-refractivity contribution < 1.29 is 9.53 Å². The lowest BCUT2D eigenvalue weighted by atomic mass is 9.81. The summed E-state index contributed by atoms with van der Waals surface area (Å²) in [6.07, 6.45) is 0.744. The lowest BCUT2D eigenvalue weighted by Gasteiger charge is -2.42. The van der Waals surface area contributed by atoms with Crippen LogP contribution in [0.4, 0.5) is 0 Å². The van der Waals surface area contributed by atoms with E-state index in [1.807, 2.05) is 20.8 Å². The van der Waals surface area contributed by atoms with Crippen LogP contribution in [0, 0.1) is 5.41 Å². The second-order valence-electron chi connectivity index (χ2n) is 3.15. The summed E-state index contributed by atoms with van der Waals surface area (Å²) in [4.78, 5) is 10.1. The largest absolute Gasteiger partial charge is 0.380 e. The number of amides is 1. The quantitative estimate of drug-likeness (QED) is 0.651. The van der Waals surface area contributed by atoms with Gasteiger partial charge in [0.25, 0.3) is 0 Å². The van der Waals surface area contributed by atoms with Gasteiger partial charge in [-0.05, 0) is 6.92 Å². The van der Waals surface area contributed by atoms with Crippen molar-refractivity contribution in [2.75, 3.05) is 13.2 Å². The highest BCUT2D eigenvalue weighted by Gasteiger charge is 2.38.